The smallest absolute Gasteiger partial charge is 0.169 e. The number of Topliss-reactive ketones (excluding diaryl/α,β-unsaturated/α-hetero) is 1. The summed E-state index contributed by atoms with van der Waals surface area (Å²) in [6.07, 6.45) is 0. The normalized spacial score (nSPS) is 10.2. The van der Waals surface area contributed by atoms with E-state index in [9.17, 15) is 4.79 Å². The lowest BCUT2D eigenvalue weighted by Gasteiger charge is -2.13. The van der Waals surface area contributed by atoms with E-state index in [-0.39, 0.29) is 5.78 Å². The van der Waals surface area contributed by atoms with Crippen molar-refractivity contribution in [2.45, 2.75) is 6.92 Å². The van der Waals surface area contributed by atoms with Crippen LogP contribution in [0.3, 0.4) is 0 Å². The summed E-state index contributed by atoms with van der Waals surface area (Å²) in [5.74, 6) is 1.24. The third kappa shape index (κ3) is 2.24. The molecule has 0 bridgehead atoms. The molecule has 3 nitrogen and oxygen atoms in total. The van der Waals surface area contributed by atoms with Gasteiger partial charge in [-0.15, -0.1) is 11.3 Å². The van der Waals surface area contributed by atoms with E-state index in [1.54, 1.807) is 38.5 Å². The summed E-state index contributed by atoms with van der Waals surface area (Å²) in [5, 5.41) is 1.99. The van der Waals surface area contributed by atoms with Gasteiger partial charge in [-0.05, 0) is 30.5 Å². The lowest BCUT2D eigenvalue weighted by atomic mass is 10.0. The Morgan fingerprint density at radius 2 is 2.00 bits per heavy atom. The van der Waals surface area contributed by atoms with Crippen molar-refractivity contribution in [1.29, 1.82) is 0 Å². The fraction of sp³-hybridized carbons (Fsp3) is 0.214. The SMILES string of the molecule is COc1cc(C(C)=O)cc(-c2cccs2)c1OC. The van der Waals surface area contributed by atoms with Crippen LogP contribution in [0.4, 0.5) is 0 Å². The van der Waals surface area contributed by atoms with Crippen LogP contribution in [0.1, 0.15) is 17.3 Å². The number of benzene rings is 1. The van der Waals surface area contributed by atoms with Gasteiger partial charge in [-0.2, -0.15) is 0 Å². The summed E-state index contributed by atoms with van der Waals surface area (Å²) in [7, 11) is 3.17. The summed E-state index contributed by atoms with van der Waals surface area (Å²) in [5.41, 5.74) is 1.51. The Bertz CT molecular complexity index is 559. The van der Waals surface area contributed by atoms with Crippen molar-refractivity contribution in [3.05, 3.63) is 35.2 Å². The van der Waals surface area contributed by atoms with Crippen LogP contribution in [0, 0.1) is 0 Å². The van der Waals surface area contributed by atoms with Gasteiger partial charge in [0.2, 0.25) is 0 Å². The molecule has 2 aromatic rings. The monoisotopic (exact) mass is 262 g/mol. The molecule has 0 radical (unpaired) electrons. The van der Waals surface area contributed by atoms with E-state index >= 15 is 0 Å². The largest absolute Gasteiger partial charge is 0.493 e. The molecule has 0 saturated carbocycles. The fourth-order valence-corrected chi connectivity index (χ4v) is 2.52. The highest BCUT2D eigenvalue weighted by molar-refractivity contribution is 7.13. The molecule has 0 aliphatic rings. The first kappa shape index (κ1) is 12.6. The number of ether oxygens (including phenoxy) is 2. The van der Waals surface area contributed by atoms with E-state index in [1.165, 1.54) is 0 Å². The predicted molar refractivity (Wildman–Crippen MR) is 72.9 cm³/mol. The van der Waals surface area contributed by atoms with Gasteiger partial charge in [0.1, 0.15) is 0 Å². The number of carbonyl (C=O) groups is 1. The van der Waals surface area contributed by atoms with Crippen LogP contribution in [-0.4, -0.2) is 20.0 Å². The van der Waals surface area contributed by atoms with Gasteiger partial charge in [0.05, 0.1) is 14.2 Å². The zero-order valence-corrected chi connectivity index (χ0v) is 11.3. The highest BCUT2D eigenvalue weighted by Gasteiger charge is 2.16. The number of carbonyl (C=O) groups excluding carboxylic acids is 1. The van der Waals surface area contributed by atoms with Gasteiger partial charge in [-0.25, -0.2) is 0 Å². The Morgan fingerprint density at radius 3 is 2.50 bits per heavy atom. The van der Waals surface area contributed by atoms with Crippen LogP contribution >= 0.6 is 11.3 Å². The van der Waals surface area contributed by atoms with Crippen molar-refractivity contribution < 1.29 is 14.3 Å². The molecule has 1 aromatic carbocycles. The van der Waals surface area contributed by atoms with Crippen LogP contribution in [0.5, 0.6) is 11.5 Å². The minimum absolute atomic E-state index is 0.00811. The van der Waals surface area contributed by atoms with Crippen LogP contribution < -0.4 is 9.47 Å². The number of methoxy groups -OCH3 is 2. The Balaban J connectivity index is 2.68. The van der Waals surface area contributed by atoms with E-state index in [2.05, 4.69) is 0 Å². The van der Waals surface area contributed by atoms with E-state index in [0.29, 0.717) is 17.1 Å². The third-order valence-corrected chi connectivity index (χ3v) is 3.58. The molecule has 0 aliphatic carbocycles. The molecule has 0 spiro atoms. The van der Waals surface area contributed by atoms with Crippen molar-refractivity contribution in [1.82, 2.24) is 0 Å². The third-order valence-electron chi connectivity index (χ3n) is 2.67. The molecule has 0 unspecified atom stereocenters. The average Bonchev–Trinajstić information content (AvgIpc) is 2.90. The number of ketones is 1. The maximum Gasteiger partial charge on any atom is 0.169 e. The van der Waals surface area contributed by atoms with Crippen molar-refractivity contribution in [3.8, 4) is 21.9 Å². The minimum Gasteiger partial charge on any atom is -0.493 e. The molecular formula is C14H14O3S. The van der Waals surface area contributed by atoms with Gasteiger partial charge in [0.15, 0.2) is 17.3 Å². The van der Waals surface area contributed by atoms with E-state index < -0.39 is 0 Å². The van der Waals surface area contributed by atoms with Crippen LogP contribution in [-0.2, 0) is 0 Å². The first-order valence-electron chi connectivity index (χ1n) is 5.48. The predicted octanol–water partition coefficient (Wildman–Crippen LogP) is 3.63. The first-order chi connectivity index (χ1) is 8.67. The van der Waals surface area contributed by atoms with E-state index in [4.69, 9.17) is 9.47 Å². The summed E-state index contributed by atoms with van der Waals surface area (Å²) >= 11 is 1.60. The molecule has 0 amide bonds. The highest BCUT2D eigenvalue weighted by atomic mass is 32.1. The topological polar surface area (TPSA) is 35.5 Å². The van der Waals surface area contributed by atoms with Crippen LogP contribution in [0.2, 0.25) is 0 Å². The van der Waals surface area contributed by atoms with Crippen molar-refractivity contribution in [3.63, 3.8) is 0 Å². The van der Waals surface area contributed by atoms with Gasteiger partial charge >= 0.3 is 0 Å². The Hall–Kier alpha value is -1.81. The number of hydrogen-bond donors (Lipinski definition) is 0. The van der Waals surface area contributed by atoms with Gasteiger partial charge < -0.3 is 9.47 Å². The number of rotatable bonds is 4. The Kier molecular flexibility index (Phi) is 3.67. The lowest BCUT2D eigenvalue weighted by molar-refractivity contribution is 0.101. The van der Waals surface area contributed by atoms with Crippen molar-refractivity contribution >= 4 is 17.1 Å². The molecule has 18 heavy (non-hydrogen) atoms. The quantitative estimate of drug-likeness (QED) is 0.789. The molecule has 94 valence electrons. The maximum atomic E-state index is 11.5. The standard InChI is InChI=1S/C14H14O3S/c1-9(15)10-7-11(13-5-4-6-18-13)14(17-3)12(8-10)16-2/h4-8H,1-3H3. The zero-order chi connectivity index (χ0) is 13.1. The van der Waals surface area contributed by atoms with Gasteiger partial charge in [0.25, 0.3) is 0 Å². The van der Waals surface area contributed by atoms with Gasteiger partial charge in [0, 0.05) is 16.0 Å². The first-order valence-corrected chi connectivity index (χ1v) is 6.36. The van der Waals surface area contributed by atoms with Gasteiger partial charge in [-0.3, -0.25) is 4.79 Å². The molecule has 0 atom stereocenters. The lowest BCUT2D eigenvalue weighted by Crippen LogP contribution is -1.98. The van der Waals surface area contributed by atoms with Crippen molar-refractivity contribution in [2.24, 2.45) is 0 Å². The second-order valence-corrected chi connectivity index (χ2v) is 4.74. The second-order valence-electron chi connectivity index (χ2n) is 3.79. The van der Waals surface area contributed by atoms with E-state index in [0.717, 1.165) is 10.4 Å². The van der Waals surface area contributed by atoms with Crippen LogP contribution in [0.15, 0.2) is 29.6 Å². The molecule has 4 heteroatoms. The molecular weight excluding hydrogens is 248 g/mol. The molecule has 0 aliphatic heterocycles. The molecule has 1 heterocycles. The molecule has 1 aromatic heterocycles. The zero-order valence-electron chi connectivity index (χ0n) is 10.5. The summed E-state index contributed by atoms with van der Waals surface area (Å²) in [6.45, 7) is 1.54. The van der Waals surface area contributed by atoms with E-state index in [1.807, 2.05) is 23.6 Å². The van der Waals surface area contributed by atoms with Gasteiger partial charge in [-0.1, -0.05) is 6.07 Å². The molecule has 2 rings (SSSR count). The molecule has 0 saturated heterocycles. The highest BCUT2D eigenvalue weighted by Crippen LogP contribution is 2.41. The Morgan fingerprint density at radius 1 is 1.22 bits per heavy atom. The molecule has 0 fully saturated rings. The molecule has 0 N–H and O–H groups in total. The Labute approximate surface area is 110 Å². The fourth-order valence-electron chi connectivity index (χ4n) is 1.78. The van der Waals surface area contributed by atoms with Crippen molar-refractivity contribution in [2.75, 3.05) is 14.2 Å². The number of hydrogen-bond acceptors (Lipinski definition) is 4. The maximum absolute atomic E-state index is 11.5. The summed E-state index contributed by atoms with van der Waals surface area (Å²) < 4.78 is 10.7. The second kappa shape index (κ2) is 5.23. The minimum atomic E-state index is 0.00811. The van der Waals surface area contributed by atoms with Crippen LogP contribution in [0.25, 0.3) is 10.4 Å². The number of thiophene rings is 1. The summed E-state index contributed by atoms with van der Waals surface area (Å²) in [4.78, 5) is 12.6. The average molecular weight is 262 g/mol. The summed E-state index contributed by atoms with van der Waals surface area (Å²) in [6, 6.07) is 7.51.